The number of aliphatic hydroxyl groups is 1. The fraction of sp³-hybridized carbons (Fsp3) is 0.476. The predicted octanol–water partition coefficient (Wildman–Crippen LogP) is -0.160. The van der Waals surface area contributed by atoms with Gasteiger partial charge < -0.3 is 24.4 Å². The highest BCUT2D eigenvalue weighted by molar-refractivity contribution is 5.76. The van der Waals surface area contributed by atoms with Crippen molar-refractivity contribution in [1.29, 1.82) is 5.26 Å². The molecule has 170 valence electrons. The molecule has 1 atom stereocenters. The van der Waals surface area contributed by atoms with Crippen molar-refractivity contribution in [3.63, 3.8) is 0 Å². The third-order valence-electron chi connectivity index (χ3n) is 5.15. The third kappa shape index (κ3) is 6.03. The zero-order valence-corrected chi connectivity index (χ0v) is 17.9. The second kappa shape index (κ2) is 11.2. The normalized spacial score (nSPS) is 14.7. The second-order valence-electron chi connectivity index (χ2n) is 7.32. The topological polar surface area (TPSA) is 145 Å². The molecule has 1 saturated heterocycles. The van der Waals surface area contributed by atoms with Gasteiger partial charge >= 0.3 is 0 Å². The van der Waals surface area contributed by atoms with Gasteiger partial charge in [-0.05, 0) is 19.1 Å². The fourth-order valence-corrected chi connectivity index (χ4v) is 3.22. The molecule has 11 nitrogen and oxygen atoms in total. The van der Waals surface area contributed by atoms with Crippen LogP contribution in [0.2, 0.25) is 0 Å². The van der Waals surface area contributed by atoms with E-state index in [9.17, 15) is 14.7 Å². The number of pyridine rings is 1. The number of aliphatic hydroxyl groups excluding tert-OH is 1. The van der Waals surface area contributed by atoms with Crippen LogP contribution in [0.3, 0.4) is 0 Å². The van der Waals surface area contributed by atoms with Gasteiger partial charge in [0.25, 0.3) is 5.56 Å². The molecule has 0 aliphatic carbocycles. The first-order valence-corrected chi connectivity index (χ1v) is 10.3. The number of nitrogens with one attached hydrogen (secondary N) is 1. The Morgan fingerprint density at radius 3 is 2.75 bits per heavy atom. The summed E-state index contributed by atoms with van der Waals surface area (Å²) in [7, 11) is 0. The smallest absolute Gasteiger partial charge is 0.270 e. The maximum Gasteiger partial charge on any atom is 0.270 e. The Kier molecular flexibility index (Phi) is 8.13. The van der Waals surface area contributed by atoms with E-state index >= 15 is 0 Å². The molecule has 0 spiro atoms. The SMILES string of the molecule is Cc1c(O[C@@H](CO)COCCC(=O)N2CCN(c3ccc(C#N)cn3)CC2)cn[nH]c1=O. The van der Waals surface area contributed by atoms with Crippen LogP contribution >= 0.6 is 0 Å². The van der Waals surface area contributed by atoms with Gasteiger partial charge in [0, 0.05) is 32.4 Å². The number of piperazine rings is 1. The molecule has 0 saturated carbocycles. The number of rotatable bonds is 9. The number of amides is 1. The number of hydrogen-bond donors (Lipinski definition) is 2. The van der Waals surface area contributed by atoms with Gasteiger partial charge in [0.1, 0.15) is 23.7 Å². The number of ether oxygens (including phenoxy) is 2. The standard InChI is InChI=1S/C21H26N6O5/c1-15-18(12-24-25-21(15)30)32-17(13-28)14-31-9-4-20(29)27-7-5-26(6-8-27)19-3-2-16(10-22)11-23-19/h2-3,11-12,17,28H,4-9,13-14H2,1H3,(H,25,30)/t17-/m0/s1. The largest absolute Gasteiger partial charge is 0.483 e. The lowest BCUT2D eigenvalue weighted by Gasteiger charge is -2.35. The summed E-state index contributed by atoms with van der Waals surface area (Å²) < 4.78 is 11.1. The second-order valence-corrected chi connectivity index (χ2v) is 7.32. The minimum Gasteiger partial charge on any atom is -0.483 e. The van der Waals surface area contributed by atoms with E-state index in [4.69, 9.17) is 14.7 Å². The predicted molar refractivity (Wildman–Crippen MR) is 114 cm³/mol. The van der Waals surface area contributed by atoms with Gasteiger partial charge in [-0.3, -0.25) is 9.59 Å². The summed E-state index contributed by atoms with van der Waals surface area (Å²) in [6.45, 7) is 4.06. The van der Waals surface area contributed by atoms with Gasteiger partial charge in [0.05, 0.1) is 43.6 Å². The fourth-order valence-electron chi connectivity index (χ4n) is 3.22. The molecule has 1 amide bonds. The quantitative estimate of drug-likeness (QED) is 0.506. The number of aromatic amines is 1. The molecule has 0 aromatic carbocycles. The van der Waals surface area contributed by atoms with Crippen LogP contribution in [-0.4, -0.2) is 83.2 Å². The summed E-state index contributed by atoms with van der Waals surface area (Å²) in [4.78, 5) is 32.2. The van der Waals surface area contributed by atoms with Crippen LogP contribution < -0.4 is 15.2 Å². The molecule has 0 radical (unpaired) electrons. The summed E-state index contributed by atoms with van der Waals surface area (Å²) in [6, 6.07) is 5.59. The minimum absolute atomic E-state index is 0.00598. The molecule has 32 heavy (non-hydrogen) atoms. The first-order valence-electron chi connectivity index (χ1n) is 10.3. The van der Waals surface area contributed by atoms with E-state index in [1.54, 1.807) is 24.1 Å². The third-order valence-corrected chi connectivity index (χ3v) is 5.15. The first kappa shape index (κ1) is 23.2. The minimum atomic E-state index is -0.670. The van der Waals surface area contributed by atoms with Crippen LogP contribution in [0.4, 0.5) is 5.82 Å². The van der Waals surface area contributed by atoms with Crippen LogP contribution in [0.15, 0.2) is 29.3 Å². The summed E-state index contributed by atoms with van der Waals surface area (Å²) >= 11 is 0. The Bertz CT molecular complexity index is 995. The Hall–Kier alpha value is -3.49. The van der Waals surface area contributed by atoms with E-state index in [1.165, 1.54) is 6.20 Å². The van der Waals surface area contributed by atoms with Gasteiger partial charge in [-0.2, -0.15) is 10.4 Å². The number of H-pyrrole nitrogens is 1. The highest BCUT2D eigenvalue weighted by Gasteiger charge is 2.22. The number of anilines is 1. The van der Waals surface area contributed by atoms with Gasteiger partial charge in [-0.15, -0.1) is 0 Å². The maximum absolute atomic E-state index is 12.5. The van der Waals surface area contributed by atoms with Crippen molar-refractivity contribution in [3.05, 3.63) is 46.0 Å². The van der Waals surface area contributed by atoms with Crippen LogP contribution in [0, 0.1) is 18.3 Å². The van der Waals surface area contributed by atoms with Crippen molar-refractivity contribution < 1.29 is 19.4 Å². The molecule has 3 heterocycles. The molecule has 2 aromatic rings. The Morgan fingerprint density at radius 1 is 1.31 bits per heavy atom. The van der Waals surface area contributed by atoms with Crippen LogP contribution in [-0.2, 0) is 9.53 Å². The molecule has 2 N–H and O–H groups in total. The highest BCUT2D eigenvalue weighted by Crippen LogP contribution is 2.15. The first-order chi connectivity index (χ1) is 15.5. The van der Waals surface area contributed by atoms with Crippen molar-refractivity contribution in [2.75, 3.05) is 50.9 Å². The van der Waals surface area contributed by atoms with E-state index in [0.717, 1.165) is 5.82 Å². The van der Waals surface area contributed by atoms with E-state index in [-0.39, 0.29) is 43.5 Å². The number of carbonyl (C=O) groups excluding carboxylic acids is 1. The van der Waals surface area contributed by atoms with E-state index in [0.29, 0.717) is 37.3 Å². The molecular formula is C21H26N6O5. The molecule has 1 aliphatic rings. The van der Waals surface area contributed by atoms with Gasteiger partial charge in [0.15, 0.2) is 0 Å². The number of hydrogen-bond acceptors (Lipinski definition) is 9. The summed E-state index contributed by atoms with van der Waals surface area (Å²) in [5.74, 6) is 1.07. The number of nitrogens with zero attached hydrogens (tertiary/aromatic N) is 5. The lowest BCUT2D eigenvalue weighted by atomic mass is 10.2. The lowest BCUT2D eigenvalue weighted by molar-refractivity contribution is -0.132. The van der Waals surface area contributed by atoms with E-state index in [1.807, 2.05) is 12.1 Å². The number of aromatic nitrogens is 3. The van der Waals surface area contributed by atoms with Crippen molar-refractivity contribution in [1.82, 2.24) is 20.1 Å². The Labute approximate surface area is 185 Å². The highest BCUT2D eigenvalue weighted by atomic mass is 16.5. The molecule has 1 aliphatic heterocycles. The molecule has 0 bridgehead atoms. The Balaban J connectivity index is 1.38. The molecule has 2 aromatic heterocycles. The average molecular weight is 442 g/mol. The van der Waals surface area contributed by atoms with Crippen molar-refractivity contribution in [2.24, 2.45) is 0 Å². The van der Waals surface area contributed by atoms with Gasteiger partial charge in [0.2, 0.25) is 5.91 Å². The van der Waals surface area contributed by atoms with E-state index < -0.39 is 6.10 Å². The summed E-state index contributed by atoms with van der Waals surface area (Å²) in [6.07, 6.45) is 2.46. The van der Waals surface area contributed by atoms with Crippen LogP contribution in [0.25, 0.3) is 0 Å². The molecule has 3 rings (SSSR count). The summed E-state index contributed by atoms with van der Waals surface area (Å²) in [5, 5.41) is 24.3. The molecule has 0 unspecified atom stereocenters. The van der Waals surface area contributed by atoms with E-state index in [2.05, 4.69) is 20.1 Å². The average Bonchev–Trinajstić information content (AvgIpc) is 2.83. The molecule has 11 heteroatoms. The maximum atomic E-state index is 12.5. The van der Waals surface area contributed by atoms with Crippen molar-refractivity contribution >= 4 is 11.7 Å². The summed E-state index contributed by atoms with van der Waals surface area (Å²) in [5.41, 5.74) is 0.519. The van der Waals surface area contributed by atoms with Crippen LogP contribution in [0.5, 0.6) is 5.75 Å². The molecular weight excluding hydrogens is 416 g/mol. The zero-order chi connectivity index (χ0) is 22.9. The van der Waals surface area contributed by atoms with Crippen LogP contribution in [0.1, 0.15) is 17.5 Å². The number of nitriles is 1. The lowest BCUT2D eigenvalue weighted by Crippen LogP contribution is -2.49. The van der Waals surface area contributed by atoms with Gasteiger partial charge in [-0.25, -0.2) is 10.1 Å². The van der Waals surface area contributed by atoms with Crippen molar-refractivity contribution in [2.45, 2.75) is 19.4 Å². The van der Waals surface area contributed by atoms with Gasteiger partial charge in [-0.1, -0.05) is 0 Å². The Morgan fingerprint density at radius 2 is 2.09 bits per heavy atom. The number of carbonyl (C=O) groups is 1. The molecule has 1 fully saturated rings. The zero-order valence-electron chi connectivity index (χ0n) is 17.9. The monoisotopic (exact) mass is 442 g/mol. The van der Waals surface area contributed by atoms with Crippen molar-refractivity contribution in [3.8, 4) is 11.8 Å².